The Bertz CT molecular complexity index is 380. The number of aromatic nitrogens is 1. The molecular weight excluding hydrogens is 238 g/mol. The number of nitrogens with zero attached hydrogens (tertiary/aromatic N) is 1. The summed E-state index contributed by atoms with van der Waals surface area (Å²) in [6, 6.07) is 3.30. The largest absolute Gasteiger partial charge is 0.462 e. The molecule has 0 aliphatic carbocycles. The minimum Gasteiger partial charge on any atom is -0.462 e. The normalized spacial score (nSPS) is 10.3. The molecule has 0 radical (unpaired) electrons. The number of esters is 1. The lowest BCUT2D eigenvalue weighted by atomic mass is 10.2. The maximum Gasteiger partial charge on any atom is 0.338 e. The average molecular weight is 256 g/mol. The van der Waals surface area contributed by atoms with Crippen LogP contribution in [-0.4, -0.2) is 17.6 Å². The molecule has 94 valence electrons. The van der Waals surface area contributed by atoms with Crippen molar-refractivity contribution in [3.8, 4) is 0 Å². The molecule has 1 aromatic heterocycles. The summed E-state index contributed by atoms with van der Waals surface area (Å²) in [4.78, 5) is 15.9. The van der Waals surface area contributed by atoms with E-state index in [0.717, 1.165) is 31.4 Å². The van der Waals surface area contributed by atoms with Crippen LogP contribution in [0.25, 0.3) is 0 Å². The van der Waals surface area contributed by atoms with Crippen LogP contribution in [0, 0.1) is 0 Å². The third kappa shape index (κ3) is 4.73. The topological polar surface area (TPSA) is 39.2 Å². The first-order valence-corrected chi connectivity index (χ1v) is 6.38. The van der Waals surface area contributed by atoms with Crippen LogP contribution in [0.1, 0.15) is 49.2 Å². The van der Waals surface area contributed by atoms with E-state index in [1.54, 1.807) is 12.1 Å². The molecule has 0 atom stereocenters. The first-order valence-electron chi connectivity index (χ1n) is 6.01. The molecule has 17 heavy (non-hydrogen) atoms. The van der Waals surface area contributed by atoms with E-state index in [2.05, 4.69) is 18.8 Å². The standard InChI is InChI=1S/C13H18ClNO2/c1-3-5-7-17-13(16)10-8-11(6-4-2)15-12(14)9-10/h8-9H,3-7H2,1-2H3. The Kier molecular flexibility index (Phi) is 5.98. The van der Waals surface area contributed by atoms with Crippen molar-refractivity contribution in [1.82, 2.24) is 4.98 Å². The summed E-state index contributed by atoms with van der Waals surface area (Å²) in [6.45, 7) is 4.57. The zero-order chi connectivity index (χ0) is 12.7. The van der Waals surface area contributed by atoms with Crippen LogP contribution in [0.5, 0.6) is 0 Å². The predicted octanol–water partition coefficient (Wildman–Crippen LogP) is 3.64. The molecule has 0 amide bonds. The number of carbonyl (C=O) groups is 1. The molecule has 0 aliphatic rings. The van der Waals surface area contributed by atoms with Gasteiger partial charge in [-0.25, -0.2) is 9.78 Å². The molecular formula is C13H18ClNO2. The van der Waals surface area contributed by atoms with Crippen molar-refractivity contribution in [3.63, 3.8) is 0 Å². The maximum absolute atomic E-state index is 11.7. The summed E-state index contributed by atoms with van der Waals surface area (Å²) >= 11 is 5.87. The third-order valence-corrected chi connectivity index (χ3v) is 2.51. The van der Waals surface area contributed by atoms with E-state index >= 15 is 0 Å². The van der Waals surface area contributed by atoms with Crippen molar-refractivity contribution in [3.05, 3.63) is 28.5 Å². The van der Waals surface area contributed by atoms with Crippen LogP contribution in [0.3, 0.4) is 0 Å². The van der Waals surface area contributed by atoms with Crippen LogP contribution in [0.2, 0.25) is 5.15 Å². The molecule has 3 nitrogen and oxygen atoms in total. The Hall–Kier alpha value is -1.09. The van der Waals surface area contributed by atoms with Gasteiger partial charge in [-0.1, -0.05) is 38.3 Å². The molecule has 1 heterocycles. The quantitative estimate of drug-likeness (QED) is 0.443. The first-order chi connectivity index (χ1) is 8.17. The highest BCUT2D eigenvalue weighted by molar-refractivity contribution is 6.29. The van der Waals surface area contributed by atoms with Gasteiger partial charge < -0.3 is 4.74 Å². The Morgan fingerprint density at radius 2 is 2.12 bits per heavy atom. The van der Waals surface area contributed by atoms with E-state index < -0.39 is 0 Å². The highest BCUT2D eigenvalue weighted by atomic mass is 35.5. The molecule has 1 aromatic rings. The second-order valence-electron chi connectivity index (χ2n) is 3.91. The zero-order valence-electron chi connectivity index (χ0n) is 10.3. The molecule has 0 aromatic carbocycles. The summed E-state index contributed by atoms with van der Waals surface area (Å²) < 4.78 is 5.13. The molecule has 0 saturated carbocycles. The number of unbranched alkanes of at least 4 members (excludes halogenated alkanes) is 1. The van der Waals surface area contributed by atoms with Crippen molar-refractivity contribution in [2.24, 2.45) is 0 Å². The molecule has 0 N–H and O–H groups in total. The van der Waals surface area contributed by atoms with Gasteiger partial charge in [0, 0.05) is 5.69 Å². The number of ether oxygens (including phenoxy) is 1. The van der Waals surface area contributed by atoms with Crippen molar-refractivity contribution in [1.29, 1.82) is 0 Å². The Morgan fingerprint density at radius 3 is 2.76 bits per heavy atom. The second kappa shape index (κ2) is 7.28. The summed E-state index contributed by atoms with van der Waals surface area (Å²) in [6.07, 6.45) is 3.67. The highest BCUT2D eigenvalue weighted by Gasteiger charge is 2.10. The Balaban J connectivity index is 2.71. The fourth-order valence-electron chi connectivity index (χ4n) is 1.45. The van der Waals surface area contributed by atoms with Gasteiger partial charge in [0.05, 0.1) is 12.2 Å². The van der Waals surface area contributed by atoms with E-state index in [-0.39, 0.29) is 5.97 Å². The number of halogens is 1. The number of carbonyl (C=O) groups excluding carboxylic acids is 1. The monoisotopic (exact) mass is 255 g/mol. The molecule has 0 bridgehead atoms. The van der Waals surface area contributed by atoms with E-state index in [1.165, 1.54) is 0 Å². The summed E-state index contributed by atoms with van der Waals surface area (Å²) in [5, 5.41) is 0.346. The van der Waals surface area contributed by atoms with Gasteiger partial charge in [-0.2, -0.15) is 0 Å². The van der Waals surface area contributed by atoms with Crippen molar-refractivity contribution >= 4 is 17.6 Å². The van der Waals surface area contributed by atoms with Gasteiger partial charge in [0.25, 0.3) is 0 Å². The van der Waals surface area contributed by atoms with Crippen molar-refractivity contribution in [2.45, 2.75) is 39.5 Å². The van der Waals surface area contributed by atoms with Crippen LogP contribution >= 0.6 is 11.6 Å². The molecule has 0 fully saturated rings. The summed E-state index contributed by atoms with van der Waals surface area (Å²) in [7, 11) is 0. The van der Waals surface area contributed by atoms with Crippen LogP contribution in [0.15, 0.2) is 12.1 Å². The van der Waals surface area contributed by atoms with Gasteiger partial charge in [-0.15, -0.1) is 0 Å². The number of hydrogen-bond donors (Lipinski definition) is 0. The fraction of sp³-hybridized carbons (Fsp3) is 0.538. The van der Waals surface area contributed by atoms with Gasteiger partial charge in [-0.3, -0.25) is 0 Å². The number of pyridine rings is 1. The highest BCUT2D eigenvalue weighted by Crippen LogP contribution is 2.13. The van der Waals surface area contributed by atoms with Gasteiger partial charge in [0.2, 0.25) is 0 Å². The molecule has 0 unspecified atom stereocenters. The first kappa shape index (κ1) is 14.0. The van der Waals surface area contributed by atoms with Crippen LogP contribution in [0.4, 0.5) is 0 Å². The van der Waals surface area contributed by atoms with E-state index in [4.69, 9.17) is 16.3 Å². The van der Waals surface area contributed by atoms with Gasteiger partial charge in [-0.05, 0) is 25.0 Å². The molecule has 0 saturated heterocycles. The number of hydrogen-bond acceptors (Lipinski definition) is 3. The van der Waals surface area contributed by atoms with Crippen molar-refractivity contribution in [2.75, 3.05) is 6.61 Å². The SMILES string of the molecule is CCCCOC(=O)c1cc(Cl)nc(CCC)c1. The lowest BCUT2D eigenvalue weighted by Crippen LogP contribution is -2.07. The van der Waals surface area contributed by atoms with Gasteiger partial charge in [0.1, 0.15) is 5.15 Å². The Labute approximate surface area is 107 Å². The second-order valence-corrected chi connectivity index (χ2v) is 4.30. The summed E-state index contributed by atoms with van der Waals surface area (Å²) in [5.41, 5.74) is 1.33. The number of rotatable bonds is 6. The van der Waals surface area contributed by atoms with Gasteiger partial charge in [0.15, 0.2) is 0 Å². The minimum absolute atomic E-state index is 0.319. The van der Waals surface area contributed by atoms with E-state index in [1.807, 2.05) is 0 Å². The molecule has 0 spiro atoms. The number of aryl methyl sites for hydroxylation is 1. The summed E-state index contributed by atoms with van der Waals surface area (Å²) in [5.74, 6) is -0.319. The van der Waals surface area contributed by atoms with Gasteiger partial charge >= 0.3 is 5.97 Å². The predicted molar refractivity (Wildman–Crippen MR) is 68.4 cm³/mol. The third-order valence-electron chi connectivity index (χ3n) is 2.32. The van der Waals surface area contributed by atoms with E-state index in [0.29, 0.717) is 17.3 Å². The smallest absolute Gasteiger partial charge is 0.338 e. The minimum atomic E-state index is -0.319. The molecule has 0 aliphatic heterocycles. The average Bonchev–Trinajstić information content (AvgIpc) is 2.29. The molecule has 1 rings (SSSR count). The fourth-order valence-corrected chi connectivity index (χ4v) is 1.67. The van der Waals surface area contributed by atoms with Crippen molar-refractivity contribution < 1.29 is 9.53 Å². The Morgan fingerprint density at radius 1 is 1.35 bits per heavy atom. The molecule has 4 heteroatoms. The van der Waals surface area contributed by atoms with Crippen LogP contribution < -0.4 is 0 Å². The lowest BCUT2D eigenvalue weighted by Gasteiger charge is -2.06. The maximum atomic E-state index is 11.7. The van der Waals surface area contributed by atoms with E-state index in [9.17, 15) is 4.79 Å². The zero-order valence-corrected chi connectivity index (χ0v) is 11.1. The van der Waals surface area contributed by atoms with Crippen LogP contribution in [-0.2, 0) is 11.2 Å². The lowest BCUT2D eigenvalue weighted by molar-refractivity contribution is 0.0499.